The van der Waals surface area contributed by atoms with E-state index in [-0.39, 0.29) is 30.0 Å². The fraction of sp³-hybridized carbons (Fsp3) is 0.474. The lowest BCUT2D eigenvalue weighted by Gasteiger charge is -2.19. The van der Waals surface area contributed by atoms with Gasteiger partial charge >= 0.3 is 0 Å². The molecule has 5 nitrogen and oxygen atoms in total. The van der Waals surface area contributed by atoms with E-state index in [2.05, 4.69) is 34.6 Å². The molecular weight excluding hydrogens is 463 g/mol. The highest BCUT2D eigenvalue weighted by atomic mass is 127. The maximum Gasteiger partial charge on any atom is 0.191 e. The van der Waals surface area contributed by atoms with Crippen LogP contribution in [0.3, 0.4) is 0 Å². The Balaban J connectivity index is 0.00000364. The van der Waals surface area contributed by atoms with Gasteiger partial charge in [0.15, 0.2) is 17.6 Å². The molecule has 8 heteroatoms. The first-order valence-corrected chi connectivity index (χ1v) is 8.86. The van der Waals surface area contributed by atoms with Gasteiger partial charge in [-0.25, -0.2) is 8.78 Å². The van der Waals surface area contributed by atoms with Crippen molar-refractivity contribution in [3.05, 3.63) is 52.3 Å². The average Bonchev–Trinajstić information content (AvgIpc) is 2.95. The lowest BCUT2D eigenvalue weighted by Crippen LogP contribution is -2.38. The Kier molecular flexibility index (Phi) is 9.14. The number of benzene rings is 1. The molecule has 1 aromatic heterocycles. The third kappa shape index (κ3) is 5.63. The molecule has 1 atom stereocenters. The summed E-state index contributed by atoms with van der Waals surface area (Å²) in [6, 6.07) is 3.68. The Bertz CT molecular complexity index is 789. The Morgan fingerprint density at radius 1 is 1.22 bits per heavy atom. The summed E-state index contributed by atoms with van der Waals surface area (Å²) in [5, 5.41) is 11.1. The van der Waals surface area contributed by atoms with Gasteiger partial charge in [-0.15, -0.1) is 24.0 Å². The van der Waals surface area contributed by atoms with Crippen LogP contribution in [0.4, 0.5) is 8.78 Å². The molecule has 27 heavy (non-hydrogen) atoms. The fourth-order valence-electron chi connectivity index (χ4n) is 3.03. The average molecular weight is 491 g/mol. The van der Waals surface area contributed by atoms with E-state index in [4.69, 9.17) is 0 Å². The van der Waals surface area contributed by atoms with Crippen molar-refractivity contribution in [3.63, 3.8) is 0 Å². The van der Waals surface area contributed by atoms with Crippen molar-refractivity contribution in [1.29, 1.82) is 0 Å². The van der Waals surface area contributed by atoms with E-state index in [1.165, 1.54) is 17.3 Å². The van der Waals surface area contributed by atoms with Gasteiger partial charge in [0, 0.05) is 31.9 Å². The van der Waals surface area contributed by atoms with E-state index < -0.39 is 11.6 Å². The molecule has 0 bridgehead atoms. The van der Waals surface area contributed by atoms with Crippen molar-refractivity contribution >= 4 is 29.9 Å². The van der Waals surface area contributed by atoms with Gasteiger partial charge in [-0.3, -0.25) is 9.67 Å². The number of halogens is 3. The van der Waals surface area contributed by atoms with Crippen LogP contribution in [0.15, 0.2) is 23.2 Å². The highest BCUT2D eigenvalue weighted by molar-refractivity contribution is 14.0. The molecule has 0 radical (unpaired) electrons. The Morgan fingerprint density at radius 2 is 1.93 bits per heavy atom. The monoisotopic (exact) mass is 491 g/mol. The number of guanidine groups is 1. The molecule has 2 rings (SSSR count). The van der Waals surface area contributed by atoms with E-state index in [1.54, 1.807) is 13.1 Å². The highest BCUT2D eigenvalue weighted by Crippen LogP contribution is 2.17. The van der Waals surface area contributed by atoms with Crippen molar-refractivity contribution in [2.75, 3.05) is 7.05 Å². The maximum atomic E-state index is 13.4. The smallest absolute Gasteiger partial charge is 0.191 e. The molecule has 1 aromatic carbocycles. The first-order valence-electron chi connectivity index (χ1n) is 8.86. The summed E-state index contributed by atoms with van der Waals surface area (Å²) in [5.41, 5.74) is 4.09. The number of aromatic nitrogens is 2. The van der Waals surface area contributed by atoms with Gasteiger partial charge in [0.2, 0.25) is 0 Å². The highest BCUT2D eigenvalue weighted by Gasteiger charge is 2.15. The normalized spacial score (nSPS) is 12.5. The predicted molar refractivity (Wildman–Crippen MR) is 115 cm³/mol. The van der Waals surface area contributed by atoms with Crippen LogP contribution in [0.1, 0.15) is 49.3 Å². The Labute approximate surface area is 176 Å². The molecule has 1 heterocycles. The van der Waals surface area contributed by atoms with Crippen LogP contribution in [-0.4, -0.2) is 22.8 Å². The van der Waals surface area contributed by atoms with Crippen molar-refractivity contribution in [3.8, 4) is 0 Å². The fourth-order valence-corrected chi connectivity index (χ4v) is 3.03. The minimum atomic E-state index is -0.852. The summed E-state index contributed by atoms with van der Waals surface area (Å²) >= 11 is 0. The first-order chi connectivity index (χ1) is 12.4. The summed E-state index contributed by atoms with van der Waals surface area (Å²) in [6.07, 6.45) is 1.76. The van der Waals surface area contributed by atoms with Crippen molar-refractivity contribution < 1.29 is 8.78 Å². The molecular formula is C19H28F2IN5. The van der Waals surface area contributed by atoms with E-state index >= 15 is 0 Å². The number of aryl methyl sites for hydroxylation is 2. The lowest BCUT2D eigenvalue weighted by atomic mass is 10.1. The lowest BCUT2D eigenvalue weighted by molar-refractivity contribution is 0.504. The van der Waals surface area contributed by atoms with Crippen LogP contribution in [0.2, 0.25) is 0 Å². The van der Waals surface area contributed by atoms with Crippen molar-refractivity contribution in [2.24, 2.45) is 12.0 Å². The Hall–Kier alpha value is -1.71. The third-order valence-electron chi connectivity index (χ3n) is 4.48. The zero-order chi connectivity index (χ0) is 19.3. The van der Waals surface area contributed by atoms with E-state index in [0.29, 0.717) is 18.1 Å². The number of rotatable bonds is 6. The summed E-state index contributed by atoms with van der Waals surface area (Å²) in [4.78, 5) is 4.23. The van der Waals surface area contributed by atoms with Crippen LogP contribution >= 0.6 is 24.0 Å². The molecule has 0 amide bonds. The van der Waals surface area contributed by atoms with Gasteiger partial charge < -0.3 is 10.6 Å². The summed E-state index contributed by atoms with van der Waals surface area (Å²) < 4.78 is 28.5. The predicted octanol–water partition coefficient (Wildman–Crippen LogP) is 3.87. The Morgan fingerprint density at radius 3 is 2.48 bits per heavy atom. The van der Waals surface area contributed by atoms with Gasteiger partial charge in [-0.1, -0.05) is 19.9 Å². The first kappa shape index (κ1) is 23.3. The SMILES string of the molecule is CCc1nn(C)c(CC)c1CNC(=NC)NC(C)c1ccc(F)c(F)c1.I. The van der Waals surface area contributed by atoms with E-state index in [1.807, 2.05) is 18.7 Å². The number of hydrogen-bond donors (Lipinski definition) is 2. The van der Waals surface area contributed by atoms with Gasteiger partial charge in [-0.2, -0.15) is 5.10 Å². The summed E-state index contributed by atoms with van der Waals surface area (Å²) in [5.74, 6) is -1.11. The van der Waals surface area contributed by atoms with Gasteiger partial charge in [0.05, 0.1) is 11.7 Å². The molecule has 0 aliphatic carbocycles. The number of hydrogen-bond acceptors (Lipinski definition) is 2. The number of nitrogens with zero attached hydrogens (tertiary/aromatic N) is 3. The molecule has 0 aliphatic rings. The van der Waals surface area contributed by atoms with Crippen LogP contribution in [0.5, 0.6) is 0 Å². The molecule has 0 aliphatic heterocycles. The summed E-state index contributed by atoms with van der Waals surface area (Å²) in [6.45, 7) is 6.67. The molecule has 0 saturated carbocycles. The zero-order valence-electron chi connectivity index (χ0n) is 16.4. The number of nitrogens with one attached hydrogen (secondary N) is 2. The van der Waals surface area contributed by atoms with Crippen molar-refractivity contribution in [2.45, 2.75) is 46.2 Å². The maximum absolute atomic E-state index is 13.4. The molecule has 0 saturated heterocycles. The second kappa shape index (κ2) is 10.6. The molecule has 1 unspecified atom stereocenters. The molecule has 0 fully saturated rings. The standard InChI is InChI=1S/C19H27F2N5.HI/c1-6-17-14(18(7-2)26(5)25-17)11-23-19(22-4)24-12(3)13-8-9-15(20)16(21)10-13;/h8-10,12H,6-7,11H2,1-5H3,(H2,22,23,24);1H. The van der Waals surface area contributed by atoms with Gasteiger partial charge in [0.1, 0.15) is 0 Å². The van der Waals surface area contributed by atoms with Crippen molar-refractivity contribution in [1.82, 2.24) is 20.4 Å². The molecule has 2 aromatic rings. The van der Waals surface area contributed by atoms with E-state index in [0.717, 1.165) is 24.6 Å². The van der Waals surface area contributed by atoms with Crippen LogP contribution in [0.25, 0.3) is 0 Å². The largest absolute Gasteiger partial charge is 0.352 e. The second-order valence-electron chi connectivity index (χ2n) is 6.17. The molecule has 0 spiro atoms. The molecule has 2 N–H and O–H groups in total. The van der Waals surface area contributed by atoms with Gasteiger partial charge in [0.25, 0.3) is 0 Å². The minimum Gasteiger partial charge on any atom is -0.352 e. The summed E-state index contributed by atoms with van der Waals surface area (Å²) in [7, 11) is 3.64. The quantitative estimate of drug-likeness (QED) is 0.367. The zero-order valence-corrected chi connectivity index (χ0v) is 18.8. The van der Waals surface area contributed by atoms with E-state index in [9.17, 15) is 8.78 Å². The second-order valence-corrected chi connectivity index (χ2v) is 6.17. The van der Waals surface area contributed by atoms with Gasteiger partial charge in [-0.05, 0) is 37.5 Å². The minimum absolute atomic E-state index is 0. The van der Waals surface area contributed by atoms with Crippen LogP contribution < -0.4 is 10.6 Å². The third-order valence-corrected chi connectivity index (χ3v) is 4.48. The topological polar surface area (TPSA) is 54.2 Å². The van der Waals surface area contributed by atoms with Crippen LogP contribution in [-0.2, 0) is 26.4 Å². The number of aliphatic imine (C=N–C) groups is 1. The molecule has 150 valence electrons. The van der Waals surface area contributed by atoms with Crippen LogP contribution in [0, 0.1) is 11.6 Å².